The van der Waals surface area contributed by atoms with Crippen LogP contribution in [0.2, 0.25) is 0 Å². The van der Waals surface area contributed by atoms with Gasteiger partial charge >= 0.3 is 0 Å². The van der Waals surface area contributed by atoms with E-state index in [4.69, 9.17) is 14.2 Å². The number of sulfone groups is 1. The van der Waals surface area contributed by atoms with E-state index >= 15 is 0 Å². The first-order chi connectivity index (χ1) is 31.1. The minimum Gasteiger partial charge on any atom is -0.494 e. The average Bonchev–Trinajstić information content (AvgIpc) is 4.00. The minimum atomic E-state index is -3.96. The standard InChI is InChI=1S/C48H61N7O9S2/c1-29-23-37(55-31(3)45(52-53-55)66(60,61)36-17-15-34(16-18-36)47(4,5)6)40(62-10)25-39(29)64-22-21-63-20-19-41(57)51-43(48(7,8)9)46(59)54-27-35(56)24-38(54)44(58)49-26-32-11-13-33(14-12-32)42-30(2)50-28-65-42/h11-18,23,25,28,35,38,43,56H,19-22,24,26-27H2,1-10H3,(H,49,58)(H,51,57)/t35-,38+,43-/m1/s1. The minimum absolute atomic E-state index is 0.0295. The Morgan fingerprint density at radius 2 is 1.64 bits per heavy atom. The number of ether oxygens (including phenoxy) is 3. The van der Waals surface area contributed by atoms with Crippen molar-refractivity contribution >= 4 is 38.9 Å². The number of aromatic nitrogens is 4. The van der Waals surface area contributed by atoms with Crippen molar-refractivity contribution in [1.82, 2.24) is 35.5 Å². The Kier molecular flexibility index (Phi) is 15.4. The summed E-state index contributed by atoms with van der Waals surface area (Å²) in [4.78, 5) is 47.6. The van der Waals surface area contributed by atoms with Gasteiger partial charge in [-0.05, 0) is 72.1 Å². The van der Waals surface area contributed by atoms with Crippen molar-refractivity contribution in [3.05, 3.63) is 94.3 Å². The third kappa shape index (κ3) is 11.5. The quantitative estimate of drug-likeness (QED) is 0.0913. The Bertz CT molecular complexity index is 2630. The fraction of sp³-hybridized carbons (Fsp3) is 0.458. The highest BCUT2D eigenvalue weighted by atomic mass is 32.2. The molecule has 1 fully saturated rings. The molecule has 18 heteroatoms. The number of aliphatic hydroxyl groups is 1. The Morgan fingerprint density at radius 3 is 2.26 bits per heavy atom. The predicted octanol–water partition coefficient (Wildman–Crippen LogP) is 6.05. The van der Waals surface area contributed by atoms with Gasteiger partial charge in [0.1, 0.15) is 35.9 Å². The number of benzene rings is 3. The summed E-state index contributed by atoms with van der Waals surface area (Å²) in [5.41, 5.74) is 6.36. The Labute approximate surface area is 391 Å². The van der Waals surface area contributed by atoms with Crippen molar-refractivity contribution in [3.8, 4) is 27.6 Å². The van der Waals surface area contributed by atoms with Crippen LogP contribution in [0.15, 0.2) is 76.1 Å². The highest BCUT2D eigenvalue weighted by Crippen LogP contribution is 2.34. The van der Waals surface area contributed by atoms with Gasteiger partial charge in [-0.1, -0.05) is 83.2 Å². The first-order valence-corrected chi connectivity index (χ1v) is 24.2. The molecule has 0 bridgehead atoms. The second kappa shape index (κ2) is 20.4. The van der Waals surface area contributed by atoms with Gasteiger partial charge in [0.25, 0.3) is 0 Å². The van der Waals surface area contributed by atoms with E-state index in [1.807, 2.05) is 71.0 Å². The molecule has 0 spiro atoms. The monoisotopic (exact) mass is 943 g/mol. The number of methoxy groups -OCH3 is 1. The number of amides is 3. The number of thiazole rings is 1. The lowest BCUT2D eigenvalue weighted by atomic mass is 9.85. The lowest BCUT2D eigenvalue weighted by Crippen LogP contribution is -2.57. The number of nitrogens with one attached hydrogen (secondary N) is 2. The largest absolute Gasteiger partial charge is 0.494 e. The van der Waals surface area contributed by atoms with Crippen molar-refractivity contribution in [2.24, 2.45) is 5.41 Å². The van der Waals surface area contributed by atoms with Gasteiger partial charge in [0.15, 0.2) is 0 Å². The number of carbonyl (C=O) groups is 3. The van der Waals surface area contributed by atoms with Crippen molar-refractivity contribution < 1.29 is 42.1 Å². The molecule has 0 radical (unpaired) electrons. The molecule has 0 aliphatic carbocycles. The molecule has 6 rings (SSSR count). The molecule has 3 amide bonds. The summed E-state index contributed by atoms with van der Waals surface area (Å²) in [6.07, 6.45) is -0.838. The van der Waals surface area contributed by atoms with Gasteiger partial charge in [0.05, 0.1) is 53.1 Å². The molecule has 16 nitrogen and oxygen atoms in total. The van der Waals surface area contributed by atoms with Gasteiger partial charge in [0.2, 0.25) is 32.6 Å². The van der Waals surface area contributed by atoms with E-state index in [9.17, 15) is 27.9 Å². The lowest BCUT2D eigenvalue weighted by Gasteiger charge is -2.35. The highest BCUT2D eigenvalue weighted by molar-refractivity contribution is 7.91. The van der Waals surface area contributed by atoms with E-state index in [1.54, 1.807) is 48.0 Å². The summed E-state index contributed by atoms with van der Waals surface area (Å²) < 4.78 is 46.1. The van der Waals surface area contributed by atoms with E-state index in [0.29, 0.717) is 22.9 Å². The summed E-state index contributed by atoms with van der Waals surface area (Å²) in [5, 5.41) is 24.5. The van der Waals surface area contributed by atoms with E-state index in [-0.39, 0.29) is 67.0 Å². The Hall–Kier alpha value is -5.69. The summed E-state index contributed by atoms with van der Waals surface area (Å²) in [6.45, 7) is 17.7. The van der Waals surface area contributed by atoms with Crippen LogP contribution in [-0.4, -0.2) is 108 Å². The number of rotatable bonds is 17. The number of β-amino-alcohol motifs (C(OH)–C–C–N with tert-alkyl or cyclic N) is 1. The molecule has 3 atom stereocenters. The zero-order chi connectivity index (χ0) is 48.1. The van der Waals surface area contributed by atoms with Gasteiger partial charge in [-0.15, -0.1) is 16.4 Å². The summed E-state index contributed by atoms with van der Waals surface area (Å²) in [6, 6.07) is 16.2. The number of hydrogen-bond donors (Lipinski definition) is 3. The molecule has 2 aromatic heterocycles. The number of aliphatic hydroxyl groups excluding tert-OH is 1. The molecule has 0 unspecified atom stereocenters. The van der Waals surface area contributed by atoms with E-state index in [1.165, 1.54) is 16.7 Å². The van der Waals surface area contributed by atoms with Crippen LogP contribution in [0.4, 0.5) is 0 Å². The van der Waals surface area contributed by atoms with Crippen LogP contribution in [0.1, 0.15) is 82.5 Å². The van der Waals surface area contributed by atoms with Gasteiger partial charge in [-0.3, -0.25) is 14.4 Å². The summed E-state index contributed by atoms with van der Waals surface area (Å²) >= 11 is 1.57. The first kappa shape index (κ1) is 49.7. The maximum Gasteiger partial charge on any atom is 0.246 e. The molecular formula is C48H61N7O9S2. The predicted molar refractivity (Wildman–Crippen MR) is 251 cm³/mol. The lowest BCUT2D eigenvalue weighted by molar-refractivity contribution is -0.144. The smallest absolute Gasteiger partial charge is 0.246 e. The van der Waals surface area contributed by atoms with Crippen molar-refractivity contribution in [2.45, 2.75) is 115 Å². The van der Waals surface area contributed by atoms with Crippen LogP contribution in [0, 0.1) is 26.2 Å². The van der Waals surface area contributed by atoms with Gasteiger partial charge < -0.3 is 34.9 Å². The van der Waals surface area contributed by atoms with Crippen LogP contribution in [0.5, 0.6) is 11.5 Å². The van der Waals surface area contributed by atoms with Gasteiger partial charge in [0, 0.05) is 32.0 Å². The first-order valence-electron chi connectivity index (χ1n) is 21.8. The number of nitrogens with zero attached hydrogens (tertiary/aromatic N) is 5. The zero-order valence-electron chi connectivity index (χ0n) is 39.3. The second-order valence-electron chi connectivity index (χ2n) is 18.6. The number of aryl methyl sites for hydroxylation is 2. The molecule has 1 saturated heterocycles. The molecule has 1 aliphatic rings. The molecule has 0 saturated carbocycles. The van der Waals surface area contributed by atoms with Crippen LogP contribution in [-0.2, 0) is 40.9 Å². The Balaban J connectivity index is 0.991. The molecule has 3 aromatic carbocycles. The van der Waals surface area contributed by atoms with Crippen molar-refractivity contribution in [1.29, 1.82) is 0 Å². The Morgan fingerprint density at radius 1 is 0.939 bits per heavy atom. The fourth-order valence-electron chi connectivity index (χ4n) is 7.67. The summed E-state index contributed by atoms with van der Waals surface area (Å²) in [7, 11) is -2.48. The van der Waals surface area contributed by atoms with Crippen LogP contribution in [0.3, 0.4) is 0 Å². The second-order valence-corrected chi connectivity index (χ2v) is 21.3. The van der Waals surface area contributed by atoms with Gasteiger partial charge in [-0.2, -0.15) is 0 Å². The third-order valence-electron chi connectivity index (χ3n) is 11.5. The third-order valence-corrected chi connectivity index (χ3v) is 14.3. The van der Waals surface area contributed by atoms with Crippen LogP contribution < -0.4 is 20.1 Å². The topological polar surface area (TPSA) is 204 Å². The molecule has 3 N–H and O–H groups in total. The molecule has 3 heterocycles. The average molecular weight is 944 g/mol. The van der Waals surface area contributed by atoms with Crippen LogP contribution in [0.25, 0.3) is 16.1 Å². The number of hydrogen-bond acceptors (Lipinski definition) is 13. The normalized spacial score (nSPS) is 16.0. The maximum atomic E-state index is 14.0. The van der Waals surface area contributed by atoms with E-state index < -0.39 is 45.3 Å². The van der Waals surface area contributed by atoms with Crippen molar-refractivity contribution in [3.63, 3.8) is 0 Å². The maximum absolute atomic E-state index is 14.0. The van der Waals surface area contributed by atoms with Crippen LogP contribution >= 0.6 is 11.3 Å². The zero-order valence-corrected chi connectivity index (χ0v) is 40.9. The molecule has 66 heavy (non-hydrogen) atoms. The number of carbonyl (C=O) groups excluding carboxylic acids is 3. The SMILES string of the molecule is COc1cc(OCCOCCC(=O)N[C@H](C(=O)N2C[C@H](O)C[C@H]2C(=O)NCc2ccc(-c3scnc3C)cc2)C(C)(C)C)c(C)cc1-n1nnc(S(=O)(=O)c2ccc(C(C)(C)C)cc2)c1C. The van der Waals surface area contributed by atoms with Crippen molar-refractivity contribution in [2.75, 3.05) is 33.5 Å². The van der Waals surface area contributed by atoms with Gasteiger partial charge in [-0.25, -0.2) is 18.1 Å². The molecular weight excluding hydrogens is 883 g/mol. The molecule has 5 aromatic rings. The fourth-order valence-corrected chi connectivity index (χ4v) is 9.82. The summed E-state index contributed by atoms with van der Waals surface area (Å²) in [5.74, 6) is -0.358. The molecule has 1 aliphatic heterocycles. The van der Waals surface area contributed by atoms with E-state index in [2.05, 4.69) is 46.7 Å². The number of likely N-dealkylation sites (tertiary alicyclic amines) is 1. The molecule has 354 valence electrons. The van der Waals surface area contributed by atoms with E-state index in [0.717, 1.165) is 32.8 Å². The highest BCUT2D eigenvalue weighted by Gasteiger charge is 2.44.